The maximum Gasteiger partial charge on any atom is 0.350 e. The Hall–Kier alpha value is -1.66. The fraction of sp³-hybridized carbons (Fsp3) is 0.353. The minimum Gasteiger partial charge on any atom is -0.496 e. The number of ether oxygens (including phenoxy) is 2. The average molecular weight is 351 g/mol. The molecule has 0 aliphatic heterocycles. The topological polar surface area (TPSA) is 47.6 Å². The number of carbonyl (C=O) groups excluding carboxylic acids is 1. The zero-order valence-electron chi connectivity index (χ0n) is 13.9. The molecule has 0 amide bonds. The van der Waals surface area contributed by atoms with E-state index in [-0.39, 0.29) is 11.4 Å². The third kappa shape index (κ3) is 4.20. The van der Waals surface area contributed by atoms with E-state index in [1.807, 2.05) is 17.5 Å². The van der Waals surface area contributed by atoms with Crippen molar-refractivity contribution >= 4 is 34.9 Å². The molecule has 23 heavy (non-hydrogen) atoms. The first kappa shape index (κ1) is 17.7. The third-order valence-electron chi connectivity index (χ3n) is 3.34. The molecule has 1 heterocycles. The van der Waals surface area contributed by atoms with E-state index >= 15 is 0 Å². The Morgan fingerprint density at radius 3 is 2.57 bits per heavy atom. The lowest BCUT2D eigenvalue weighted by Crippen LogP contribution is -2.11. The molecule has 0 saturated heterocycles. The molecule has 0 aliphatic carbocycles. The van der Waals surface area contributed by atoms with Crippen molar-refractivity contribution < 1.29 is 14.3 Å². The van der Waals surface area contributed by atoms with E-state index in [9.17, 15) is 4.79 Å². The van der Waals surface area contributed by atoms with Crippen LogP contribution in [0.4, 0.5) is 5.69 Å². The van der Waals surface area contributed by atoms with Crippen molar-refractivity contribution in [3.05, 3.63) is 40.1 Å². The lowest BCUT2D eigenvalue weighted by Gasteiger charge is -2.20. The van der Waals surface area contributed by atoms with Crippen LogP contribution in [0.5, 0.6) is 5.75 Å². The Morgan fingerprint density at radius 2 is 1.96 bits per heavy atom. The van der Waals surface area contributed by atoms with Crippen LogP contribution in [0.25, 0.3) is 0 Å². The molecule has 0 fully saturated rings. The third-order valence-corrected chi connectivity index (χ3v) is 5.11. The molecule has 0 spiro atoms. The number of carbonyl (C=O) groups is 1. The van der Waals surface area contributed by atoms with Crippen molar-refractivity contribution in [3.8, 4) is 5.75 Å². The van der Waals surface area contributed by atoms with Crippen LogP contribution in [0.2, 0.25) is 0 Å². The summed E-state index contributed by atoms with van der Waals surface area (Å²) in [5.74, 6) is 0.475. The van der Waals surface area contributed by atoms with Crippen molar-refractivity contribution in [1.29, 1.82) is 0 Å². The molecule has 0 bridgehead atoms. The molecule has 1 aromatic carbocycles. The average Bonchev–Trinajstić information content (AvgIpc) is 2.99. The van der Waals surface area contributed by atoms with Crippen molar-refractivity contribution in [2.45, 2.75) is 31.1 Å². The van der Waals surface area contributed by atoms with E-state index in [4.69, 9.17) is 9.47 Å². The predicted octanol–water partition coefficient (Wildman–Crippen LogP) is 4.96. The molecular weight excluding hydrogens is 330 g/mol. The Labute approximate surface area is 145 Å². The van der Waals surface area contributed by atoms with E-state index in [1.165, 1.54) is 36.0 Å². The molecule has 1 N–H and O–H groups in total. The highest BCUT2D eigenvalue weighted by Gasteiger charge is 2.17. The summed E-state index contributed by atoms with van der Waals surface area (Å²) in [6, 6.07) is 8.04. The normalized spacial score (nSPS) is 11.2. The van der Waals surface area contributed by atoms with Gasteiger partial charge in [-0.05, 0) is 46.5 Å². The second-order valence-corrected chi connectivity index (χ2v) is 7.74. The first-order valence-corrected chi connectivity index (χ1v) is 8.83. The van der Waals surface area contributed by atoms with Gasteiger partial charge < -0.3 is 14.2 Å². The summed E-state index contributed by atoms with van der Waals surface area (Å²) >= 11 is 2.77. The van der Waals surface area contributed by atoms with Gasteiger partial charge in [-0.2, -0.15) is 0 Å². The quantitative estimate of drug-likeness (QED) is 0.609. The molecule has 124 valence electrons. The number of nitrogens with one attached hydrogen (secondary N) is 1. The van der Waals surface area contributed by atoms with Gasteiger partial charge in [0.2, 0.25) is 0 Å². The maximum absolute atomic E-state index is 11.7. The van der Waals surface area contributed by atoms with Gasteiger partial charge in [-0.25, -0.2) is 4.79 Å². The highest BCUT2D eigenvalue weighted by molar-refractivity contribution is 8.00. The summed E-state index contributed by atoms with van der Waals surface area (Å²) in [6.45, 7) is 6.50. The second kappa shape index (κ2) is 7.27. The summed E-state index contributed by atoms with van der Waals surface area (Å²) < 4.78 is 13.5. The highest BCUT2D eigenvalue weighted by Crippen LogP contribution is 2.35. The monoisotopic (exact) mass is 351 g/mol. The SMILES string of the molecule is COC(=O)c1sccc1NSc1ccc(C(C)(C)C)cc1OC. The van der Waals surface area contributed by atoms with Crippen molar-refractivity contribution in [3.63, 3.8) is 0 Å². The number of rotatable bonds is 5. The van der Waals surface area contributed by atoms with Crippen LogP contribution in [-0.4, -0.2) is 20.2 Å². The van der Waals surface area contributed by atoms with E-state index < -0.39 is 0 Å². The standard InChI is InChI=1S/C17H21NO3S2/c1-17(2,3)11-6-7-14(13(10-11)20-4)23-18-12-8-9-22-15(12)16(19)21-5/h6-10,18H,1-5H3. The number of hydrogen-bond acceptors (Lipinski definition) is 6. The number of methoxy groups -OCH3 is 2. The van der Waals surface area contributed by atoms with Gasteiger partial charge in [0.1, 0.15) is 10.6 Å². The zero-order chi connectivity index (χ0) is 17.0. The lowest BCUT2D eigenvalue weighted by molar-refractivity contribution is 0.0607. The largest absolute Gasteiger partial charge is 0.496 e. The van der Waals surface area contributed by atoms with Crippen LogP contribution in [0.1, 0.15) is 36.0 Å². The fourth-order valence-corrected chi connectivity index (χ4v) is 3.57. The number of esters is 1. The molecule has 2 aromatic rings. The summed E-state index contributed by atoms with van der Waals surface area (Å²) in [7, 11) is 3.05. The lowest BCUT2D eigenvalue weighted by atomic mass is 9.87. The van der Waals surface area contributed by atoms with Gasteiger partial charge in [0.15, 0.2) is 0 Å². The molecule has 0 atom stereocenters. The zero-order valence-corrected chi connectivity index (χ0v) is 15.6. The smallest absolute Gasteiger partial charge is 0.350 e. The Bertz CT molecular complexity index is 689. The van der Waals surface area contributed by atoms with Crippen LogP contribution >= 0.6 is 23.3 Å². The Kier molecular flexibility index (Phi) is 5.59. The number of anilines is 1. The maximum atomic E-state index is 11.7. The van der Waals surface area contributed by atoms with Crippen molar-refractivity contribution in [1.82, 2.24) is 0 Å². The molecule has 4 nitrogen and oxygen atoms in total. The minimum atomic E-state index is -0.335. The van der Waals surface area contributed by atoms with Crippen LogP contribution < -0.4 is 9.46 Å². The second-order valence-electron chi connectivity index (χ2n) is 5.97. The van der Waals surface area contributed by atoms with Gasteiger partial charge in [0.25, 0.3) is 0 Å². The molecular formula is C17H21NO3S2. The molecule has 1 aromatic heterocycles. The summed E-state index contributed by atoms with van der Waals surface area (Å²) in [4.78, 5) is 13.2. The van der Waals surface area contributed by atoms with Gasteiger partial charge in [-0.15, -0.1) is 11.3 Å². The Morgan fingerprint density at radius 1 is 1.22 bits per heavy atom. The molecule has 2 rings (SSSR count). The summed E-state index contributed by atoms with van der Waals surface area (Å²) in [5, 5.41) is 1.86. The number of thiophene rings is 1. The highest BCUT2D eigenvalue weighted by atomic mass is 32.2. The van der Waals surface area contributed by atoms with Crippen LogP contribution in [0, 0.1) is 0 Å². The van der Waals surface area contributed by atoms with E-state index in [0.29, 0.717) is 4.88 Å². The molecule has 0 radical (unpaired) electrons. The molecule has 0 unspecified atom stereocenters. The molecule has 0 saturated carbocycles. The van der Waals surface area contributed by atoms with Crippen LogP contribution in [0.15, 0.2) is 34.5 Å². The predicted molar refractivity (Wildman–Crippen MR) is 96.8 cm³/mol. The summed E-state index contributed by atoms with van der Waals surface area (Å²) in [6.07, 6.45) is 0. The van der Waals surface area contributed by atoms with Gasteiger partial charge in [-0.3, -0.25) is 0 Å². The molecule has 6 heteroatoms. The van der Waals surface area contributed by atoms with Gasteiger partial charge >= 0.3 is 5.97 Å². The number of hydrogen-bond donors (Lipinski definition) is 1. The van der Waals surface area contributed by atoms with E-state index in [0.717, 1.165) is 16.3 Å². The Balaban J connectivity index is 2.18. The molecule has 0 aliphatic rings. The van der Waals surface area contributed by atoms with Gasteiger partial charge in [-0.1, -0.05) is 26.8 Å². The first-order chi connectivity index (χ1) is 10.9. The van der Waals surface area contributed by atoms with Crippen LogP contribution in [-0.2, 0) is 10.2 Å². The fourth-order valence-electron chi connectivity index (χ4n) is 1.97. The van der Waals surface area contributed by atoms with Crippen molar-refractivity contribution in [2.75, 3.05) is 18.9 Å². The van der Waals surface area contributed by atoms with E-state index in [2.05, 4.69) is 37.6 Å². The van der Waals surface area contributed by atoms with E-state index in [1.54, 1.807) is 7.11 Å². The van der Waals surface area contributed by atoms with Crippen molar-refractivity contribution in [2.24, 2.45) is 0 Å². The number of benzene rings is 1. The first-order valence-electron chi connectivity index (χ1n) is 7.14. The summed E-state index contributed by atoms with van der Waals surface area (Å²) in [5.41, 5.74) is 2.02. The minimum absolute atomic E-state index is 0.0648. The van der Waals surface area contributed by atoms with Crippen LogP contribution in [0.3, 0.4) is 0 Å². The van der Waals surface area contributed by atoms with Gasteiger partial charge in [0.05, 0.1) is 24.8 Å². The van der Waals surface area contributed by atoms with Gasteiger partial charge in [0, 0.05) is 0 Å².